The Morgan fingerprint density at radius 3 is 2.27 bits per heavy atom. The largest absolute Gasteiger partial charge is 0.512 e. The average Bonchev–Trinajstić information content (AvgIpc) is 2.72. The Kier molecular flexibility index (Phi) is 4.36. The molecule has 2 rings (SSSR count). The monoisotopic (exact) mass is 302 g/mol. The molecule has 1 aliphatic rings. The van der Waals surface area contributed by atoms with Crippen LogP contribution in [0.5, 0.6) is 0 Å². The summed E-state index contributed by atoms with van der Waals surface area (Å²) in [4.78, 5) is 35.8. The van der Waals surface area contributed by atoms with Crippen molar-refractivity contribution in [3.63, 3.8) is 0 Å². The number of nitrogens with zero attached hydrogens (tertiary/aromatic N) is 2. The SMILES string of the molecule is CCOC(=O)C(/C=N/N1C(=O)c2ccccc2C1=O)=C(/C)O. The maximum Gasteiger partial charge on any atom is 0.343 e. The number of fused-ring (bicyclic) bond motifs is 1. The molecule has 7 heteroatoms. The second kappa shape index (κ2) is 6.21. The van der Waals surface area contributed by atoms with Crippen LogP contribution in [0, 0.1) is 0 Å². The van der Waals surface area contributed by atoms with Crippen LogP contribution in [0.1, 0.15) is 34.6 Å². The highest BCUT2D eigenvalue weighted by molar-refractivity contribution is 6.21. The molecule has 0 saturated heterocycles. The number of ether oxygens (including phenoxy) is 1. The summed E-state index contributed by atoms with van der Waals surface area (Å²) in [6, 6.07) is 6.31. The van der Waals surface area contributed by atoms with E-state index >= 15 is 0 Å². The zero-order valence-electron chi connectivity index (χ0n) is 12.1. The molecule has 0 aromatic heterocycles. The van der Waals surface area contributed by atoms with Crippen LogP contribution in [-0.4, -0.2) is 40.7 Å². The molecule has 0 bridgehead atoms. The molecular formula is C15H14N2O5. The second-order valence-electron chi connectivity index (χ2n) is 4.43. The predicted molar refractivity (Wildman–Crippen MR) is 77.4 cm³/mol. The van der Waals surface area contributed by atoms with Crippen molar-refractivity contribution in [1.29, 1.82) is 0 Å². The number of amides is 2. The minimum atomic E-state index is -0.789. The normalized spacial score (nSPS) is 15.1. The van der Waals surface area contributed by atoms with Gasteiger partial charge in [-0.1, -0.05) is 12.1 Å². The van der Waals surface area contributed by atoms with Crippen LogP contribution in [0.3, 0.4) is 0 Å². The van der Waals surface area contributed by atoms with Gasteiger partial charge in [0.1, 0.15) is 11.3 Å². The molecule has 0 fully saturated rings. The molecule has 0 saturated carbocycles. The van der Waals surface area contributed by atoms with Crippen LogP contribution in [0.15, 0.2) is 40.7 Å². The van der Waals surface area contributed by atoms with Crippen molar-refractivity contribution < 1.29 is 24.2 Å². The van der Waals surface area contributed by atoms with E-state index in [0.717, 1.165) is 6.21 Å². The molecule has 1 N–H and O–H groups in total. The summed E-state index contributed by atoms with van der Waals surface area (Å²) in [6.45, 7) is 3.01. The molecule has 0 aliphatic carbocycles. The molecular weight excluding hydrogens is 288 g/mol. The molecule has 7 nitrogen and oxygen atoms in total. The zero-order valence-corrected chi connectivity index (χ0v) is 12.1. The minimum absolute atomic E-state index is 0.121. The number of allylic oxidation sites excluding steroid dienone is 1. The van der Waals surface area contributed by atoms with Crippen LogP contribution in [0.4, 0.5) is 0 Å². The molecule has 0 radical (unpaired) electrons. The van der Waals surface area contributed by atoms with Crippen molar-refractivity contribution in [3.05, 3.63) is 46.7 Å². The maximum absolute atomic E-state index is 12.1. The van der Waals surface area contributed by atoms with Gasteiger partial charge in [0.05, 0.1) is 23.9 Å². The topological polar surface area (TPSA) is 96.3 Å². The Hall–Kier alpha value is -2.96. The van der Waals surface area contributed by atoms with E-state index in [1.54, 1.807) is 19.1 Å². The highest BCUT2D eigenvalue weighted by Gasteiger charge is 2.35. The lowest BCUT2D eigenvalue weighted by atomic mass is 10.1. The van der Waals surface area contributed by atoms with Gasteiger partial charge in [0.2, 0.25) is 0 Å². The Morgan fingerprint density at radius 1 is 1.27 bits per heavy atom. The fraction of sp³-hybridized carbons (Fsp3) is 0.200. The predicted octanol–water partition coefficient (Wildman–Crippen LogP) is 1.66. The van der Waals surface area contributed by atoms with Crippen LogP contribution in [0.2, 0.25) is 0 Å². The van der Waals surface area contributed by atoms with Gasteiger partial charge in [-0.15, -0.1) is 0 Å². The number of hydrazone groups is 1. The second-order valence-corrected chi connectivity index (χ2v) is 4.43. The van der Waals surface area contributed by atoms with Gasteiger partial charge in [-0.05, 0) is 26.0 Å². The third kappa shape index (κ3) is 2.73. The third-order valence-corrected chi connectivity index (χ3v) is 2.96. The highest BCUT2D eigenvalue weighted by atomic mass is 16.5. The molecule has 1 aromatic rings. The Morgan fingerprint density at radius 2 is 1.82 bits per heavy atom. The van der Waals surface area contributed by atoms with Crippen LogP contribution in [-0.2, 0) is 9.53 Å². The van der Waals surface area contributed by atoms with Crippen molar-refractivity contribution in [3.8, 4) is 0 Å². The fourth-order valence-electron chi connectivity index (χ4n) is 1.90. The molecule has 0 atom stereocenters. The van der Waals surface area contributed by atoms with Gasteiger partial charge >= 0.3 is 5.97 Å². The van der Waals surface area contributed by atoms with E-state index in [-0.39, 0.29) is 29.1 Å². The number of benzene rings is 1. The fourth-order valence-corrected chi connectivity index (χ4v) is 1.90. The minimum Gasteiger partial charge on any atom is -0.512 e. The molecule has 2 amide bonds. The molecule has 1 aliphatic heterocycles. The maximum atomic E-state index is 12.1. The van der Waals surface area contributed by atoms with Crippen LogP contribution in [0.25, 0.3) is 0 Å². The average molecular weight is 302 g/mol. The standard InChI is InChI=1S/C15H14N2O5/c1-3-22-15(21)12(9(2)18)8-16-17-13(19)10-6-4-5-7-11(10)14(17)20/h4-8,18H,3H2,1-2H3/b12-9-,16-8+. The first-order valence-corrected chi connectivity index (χ1v) is 6.56. The number of aliphatic hydroxyl groups excluding tert-OH is 1. The molecule has 114 valence electrons. The van der Waals surface area contributed by atoms with Gasteiger partial charge in [-0.2, -0.15) is 10.1 Å². The van der Waals surface area contributed by atoms with Crippen molar-refractivity contribution in [1.82, 2.24) is 5.01 Å². The van der Waals surface area contributed by atoms with Crippen molar-refractivity contribution >= 4 is 24.0 Å². The molecule has 0 unspecified atom stereocenters. The molecule has 1 aromatic carbocycles. The van der Waals surface area contributed by atoms with Gasteiger partial charge in [0.25, 0.3) is 11.8 Å². The van der Waals surface area contributed by atoms with Crippen LogP contribution < -0.4 is 0 Å². The summed E-state index contributed by atoms with van der Waals surface area (Å²) in [5.41, 5.74) is 0.262. The number of rotatable bonds is 4. The number of carbonyl (C=O) groups excluding carboxylic acids is 3. The van der Waals surface area contributed by atoms with E-state index < -0.39 is 17.8 Å². The molecule has 22 heavy (non-hydrogen) atoms. The van der Waals surface area contributed by atoms with Gasteiger partial charge in [0, 0.05) is 0 Å². The number of imide groups is 1. The summed E-state index contributed by atoms with van der Waals surface area (Å²) < 4.78 is 4.76. The lowest BCUT2D eigenvalue weighted by molar-refractivity contribution is -0.138. The van der Waals surface area contributed by atoms with Gasteiger partial charge in [0.15, 0.2) is 0 Å². The Labute approximate surface area is 126 Å². The highest BCUT2D eigenvalue weighted by Crippen LogP contribution is 2.22. The van der Waals surface area contributed by atoms with E-state index in [0.29, 0.717) is 5.01 Å². The smallest absolute Gasteiger partial charge is 0.343 e. The zero-order chi connectivity index (χ0) is 16.3. The van der Waals surface area contributed by atoms with Crippen molar-refractivity contribution in [2.24, 2.45) is 5.10 Å². The first-order valence-electron chi connectivity index (χ1n) is 6.56. The quantitative estimate of drug-likeness (QED) is 0.300. The Bertz CT molecular complexity index is 667. The van der Waals surface area contributed by atoms with Gasteiger partial charge in [-0.3, -0.25) is 9.59 Å². The van der Waals surface area contributed by atoms with E-state index in [4.69, 9.17) is 4.74 Å². The first kappa shape index (κ1) is 15.4. The number of aliphatic hydroxyl groups is 1. The van der Waals surface area contributed by atoms with E-state index in [1.807, 2.05) is 0 Å². The number of hydrogen-bond donors (Lipinski definition) is 1. The summed E-state index contributed by atoms with van der Waals surface area (Å²) in [5, 5.41) is 13.8. The van der Waals surface area contributed by atoms with Gasteiger partial charge < -0.3 is 9.84 Å². The summed E-state index contributed by atoms with van der Waals surface area (Å²) in [7, 11) is 0. The number of hydrogen-bond acceptors (Lipinski definition) is 6. The van der Waals surface area contributed by atoms with E-state index in [2.05, 4.69) is 5.10 Å². The molecule has 1 heterocycles. The molecule has 0 spiro atoms. The lowest BCUT2D eigenvalue weighted by Crippen LogP contribution is -2.24. The van der Waals surface area contributed by atoms with Crippen molar-refractivity contribution in [2.45, 2.75) is 13.8 Å². The Balaban J connectivity index is 2.28. The number of carbonyl (C=O) groups is 3. The first-order chi connectivity index (χ1) is 10.5. The summed E-state index contributed by atoms with van der Waals surface area (Å²) in [6.07, 6.45) is 0.939. The van der Waals surface area contributed by atoms with E-state index in [1.165, 1.54) is 19.1 Å². The number of esters is 1. The van der Waals surface area contributed by atoms with Gasteiger partial charge in [-0.25, -0.2) is 4.79 Å². The van der Waals surface area contributed by atoms with Crippen molar-refractivity contribution in [2.75, 3.05) is 6.61 Å². The van der Waals surface area contributed by atoms with E-state index in [9.17, 15) is 19.5 Å². The van der Waals surface area contributed by atoms with Crippen LogP contribution >= 0.6 is 0 Å². The summed E-state index contributed by atoms with van der Waals surface area (Å²) >= 11 is 0. The third-order valence-electron chi connectivity index (χ3n) is 2.96. The summed E-state index contributed by atoms with van der Waals surface area (Å²) in [5.74, 6) is -2.28. The lowest BCUT2D eigenvalue weighted by Gasteiger charge is -2.07.